The third-order valence-electron chi connectivity index (χ3n) is 2.37. The quantitative estimate of drug-likeness (QED) is 0.837. The first-order valence-electron chi connectivity index (χ1n) is 4.95. The molecule has 0 aliphatic rings. The summed E-state index contributed by atoms with van der Waals surface area (Å²) in [5.74, 6) is -1.51. The van der Waals surface area contributed by atoms with Crippen molar-refractivity contribution in [2.75, 3.05) is 13.6 Å². The highest BCUT2D eigenvalue weighted by Crippen LogP contribution is 2.37. The molecule has 0 bridgehead atoms. The summed E-state index contributed by atoms with van der Waals surface area (Å²) < 4.78 is 38.2. The summed E-state index contributed by atoms with van der Waals surface area (Å²) >= 11 is 0. The Kier molecular flexibility index (Phi) is 4.18. The highest BCUT2D eigenvalue weighted by atomic mass is 19.4. The minimum absolute atomic E-state index is 0.00915. The first-order valence-corrected chi connectivity index (χ1v) is 4.95. The Labute approximate surface area is 92.1 Å². The number of rotatable bonds is 4. The molecule has 1 aromatic rings. The molecule has 90 valence electrons. The number of hydrogen-bond donors (Lipinski definition) is 2. The molecule has 0 saturated carbocycles. The Morgan fingerprint density at radius 2 is 1.81 bits per heavy atom. The van der Waals surface area contributed by atoms with Gasteiger partial charge in [0, 0.05) is 0 Å². The summed E-state index contributed by atoms with van der Waals surface area (Å²) in [5.41, 5.74) is 0.181. The van der Waals surface area contributed by atoms with E-state index >= 15 is 0 Å². The molecule has 0 saturated heterocycles. The average molecular weight is 233 g/mol. The Morgan fingerprint density at radius 3 is 2.25 bits per heavy atom. The van der Waals surface area contributed by atoms with E-state index in [9.17, 15) is 13.2 Å². The van der Waals surface area contributed by atoms with Gasteiger partial charge in [-0.05, 0) is 37.7 Å². The molecule has 1 rings (SSSR count). The average Bonchev–Trinajstić information content (AvgIpc) is 2.19. The van der Waals surface area contributed by atoms with Gasteiger partial charge in [0.25, 0.3) is 0 Å². The first-order chi connectivity index (χ1) is 7.45. The van der Waals surface area contributed by atoms with Crippen molar-refractivity contribution in [2.24, 2.45) is 0 Å². The Morgan fingerprint density at radius 1 is 1.25 bits per heavy atom. The predicted molar refractivity (Wildman–Crippen MR) is 55.4 cm³/mol. The molecule has 1 aromatic carbocycles. The lowest BCUT2D eigenvalue weighted by molar-refractivity contribution is -0.151. The fourth-order valence-electron chi connectivity index (χ4n) is 1.51. The van der Waals surface area contributed by atoms with E-state index in [1.165, 1.54) is 24.3 Å². The topological polar surface area (TPSA) is 32.3 Å². The van der Waals surface area contributed by atoms with Crippen LogP contribution in [0.25, 0.3) is 0 Å². The van der Waals surface area contributed by atoms with Crippen molar-refractivity contribution in [1.29, 1.82) is 0 Å². The summed E-state index contributed by atoms with van der Waals surface area (Å²) in [5, 5.41) is 11.7. The van der Waals surface area contributed by atoms with E-state index in [0.717, 1.165) is 0 Å². The Balaban J connectivity index is 2.88. The van der Waals surface area contributed by atoms with Crippen molar-refractivity contribution in [3.63, 3.8) is 0 Å². The summed E-state index contributed by atoms with van der Waals surface area (Å²) in [4.78, 5) is 0. The lowest BCUT2D eigenvalue weighted by Crippen LogP contribution is -2.24. The molecule has 2 N–H and O–H groups in total. The van der Waals surface area contributed by atoms with Crippen molar-refractivity contribution in [2.45, 2.75) is 18.5 Å². The summed E-state index contributed by atoms with van der Waals surface area (Å²) in [6.07, 6.45) is -4.27. The SMILES string of the molecule is CNCCC(c1ccc(O)cc1)C(F)(F)F. The standard InChI is InChI=1S/C11H14F3NO/c1-15-7-6-10(11(12,13)14)8-2-4-9(16)5-3-8/h2-5,10,15-16H,6-7H2,1H3. The van der Waals surface area contributed by atoms with E-state index in [1.807, 2.05) is 0 Å². The fourth-order valence-corrected chi connectivity index (χ4v) is 1.51. The van der Waals surface area contributed by atoms with E-state index in [1.54, 1.807) is 7.05 Å². The maximum Gasteiger partial charge on any atom is 0.395 e. The second-order valence-corrected chi connectivity index (χ2v) is 3.58. The van der Waals surface area contributed by atoms with Crippen LogP contribution in [0.15, 0.2) is 24.3 Å². The number of aromatic hydroxyl groups is 1. The summed E-state index contributed by atoms with van der Waals surface area (Å²) in [6, 6.07) is 5.16. The largest absolute Gasteiger partial charge is 0.508 e. The van der Waals surface area contributed by atoms with Crippen molar-refractivity contribution < 1.29 is 18.3 Å². The maximum atomic E-state index is 12.7. The van der Waals surface area contributed by atoms with Gasteiger partial charge in [-0.2, -0.15) is 13.2 Å². The van der Waals surface area contributed by atoms with Crippen LogP contribution in [-0.2, 0) is 0 Å². The third kappa shape index (κ3) is 3.41. The molecule has 5 heteroatoms. The molecule has 2 nitrogen and oxygen atoms in total. The van der Waals surface area contributed by atoms with Gasteiger partial charge in [0.05, 0.1) is 5.92 Å². The number of phenols is 1. The molecule has 0 spiro atoms. The van der Waals surface area contributed by atoms with Crippen LogP contribution in [0.1, 0.15) is 17.9 Å². The summed E-state index contributed by atoms with van der Waals surface area (Å²) in [6.45, 7) is 0.297. The van der Waals surface area contributed by atoms with Gasteiger partial charge in [0.2, 0.25) is 0 Å². The van der Waals surface area contributed by atoms with E-state index in [0.29, 0.717) is 6.54 Å². The van der Waals surface area contributed by atoms with Crippen LogP contribution in [0.5, 0.6) is 5.75 Å². The van der Waals surface area contributed by atoms with E-state index < -0.39 is 12.1 Å². The molecule has 0 aliphatic carbocycles. The van der Waals surface area contributed by atoms with Crippen molar-refractivity contribution >= 4 is 0 Å². The maximum absolute atomic E-state index is 12.7. The number of halogens is 3. The number of nitrogens with one attached hydrogen (secondary N) is 1. The van der Waals surface area contributed by atoms with Gasteiger partial charge >= 0.3 is 6.18 Å². The lowest BCUT2D eigenvalue weighted by atomic mass is 9.95. The molecule has 0 aliphatic heterocycles. The van der Waals surface area contributed by atoms with Crippen LogP contribution in [0.3, 0.4) is 0 Å². The van der Waals surface area contributed by atoms with Crippen LogP contribution in [0.4, 0.5) is 13.2 Å². The van der Waals surface area contributed by atoms with E-state index in [2.05, 4.69) is 5.32 Å². The zero-order valence-electron chi connectivity index (χ0n) is 8.88. The lowest BCUT2D eigenvalue weighted by Gasteiger charge is -2.20. The highest BCUT2D eigenvalue weighted by Gasteiger charge is 2.39. The van der Waals surface area contributed by atoms with Gasteiger partial charge in [0.15, 0.2) is 0 Å². The van der Waals surface area contributed by atoms with Gasteiger partial charge in [-0.1, -0.05) is 12.1 Å². The molecule has 0 aromatic heterocycles. The van der Waals surface area contributed by atoms with Gasteiger partial charge < -0.3 is 10.4 Å². The van der Waals surface area contributed by atoms with Crippen LogP contribution in [-0.4, -0.2) is 24.9 Å². The smallest absolute Gasteiger partial charge is 0.395 e. The second-order valence-electron chi connectivity index (χ2n) is 3.58. The van der Waals surface area contributed by atoms with Crippen LogP contribution < -0.4 is 5.32 Å². The number of benzene rings is 1. The molecule has 16 heavy (non-hydrogen) atoms. The van der Waals surface area contributed by atoms with Crippen LogP contribution in [0, 0.1) is 0 Å². The van der Waals surface area contributed by atoms with Gasteiger partial charge in [-0.3, -0.25) is 0 Å². The molecule has 1 atom stereocenters. The highest BCUT2D eigenvalue weighted by molar-refractivity contribution is 5.29. The number of alkyl halides is 3. The molecular formula is C11H14F3NO. The Hall–Kier alpha value is -1.23. The van der Waals surface area contributed by atoms with Gasteiger partial charge in [-0.15, -0.1) is 0 Å². The minimum Gasteiger partial charge on any atom is -0.508 e. The predicted octanol–water partition coefficient (Wildman–Crippen LogP) is 2.65. The van der Waals surface area contributed by atoms with Gasteiger partial charge in [0.1, 0.15) is 5.75 Å². The van der Waals surface area contributed by atoms with Crippen molar-refractivity contribution in [3.8, 4) is 5.75 Å². The third-order valence-corrected chi connectivity index (χ3v) is 2.37. The minimum atomic E-state index is -4.26. The molecule has 0 fully saturated rings. The van der Waals surface area contributed by atoms with E-state index in [-0.39, 0.29) is 17.7 Å². The zero-order chi connectivity index (χ0) is 12.2. The summed E-state index contributed by atoms with van der Waals surface area (Å²) in [7, 11) is 1.62. The van der Waals surface area contributed by atoms with Crippen LogP contribution >= 0.6 is 0 Å². The number of phenolic OH excluding ortho intramolecular Hbond substituents is 1. The first kappa shape index (κ1) is 12.8. The van der Waals surface area contributed by atoms with E-state index in [4.69, 9.17) is 5.11 Å². The second kappa shape index (κ2) is 5.21. The zero-order valence-corrected chi connectivity index (χ0v) is 8.88. The van der Waals surface area contributed by atoms with Crippen LogP contribution in [0.2, 0.25) is 0 Å². The van der Waals surface area contributed by atoms with Crippen molar-refractivity contribution in [1.82, 2.24) is 5.32 Å². The molecule has 0 radical (unpaired) electrons. The number of hydrogen-bond acceptors (Lipinski definition) is 2. The molecule has 1 unspecified atom stereocenters. The molecule has 0 heterocycles. The van der Waals surface area contributed by atoms with Crippen molar-refractivity contribution in [3.05, 3.63) is 29.8 Å². The molecular weight excluding hydrogens is 219 g/mol. The monoisotopic (exact) mass is 233 g/mol. The normalized spacial score (nSPS) is 13.8. The van der Waals surface area contributed by atoms with Gasteiger partial charge in [-0.25, -0.2) is 0 Å². The Bertz CT molecular complexity index is 321. The fraction of sp³-hybridized carbons (Fsp3) is 0.455. The molecule has 0 amide bonds.